The van der Waals surface area contributed by atoms with Crippen molar-refractivity contribution >= 4 is 119 Å². The first-order valence-corrected chi connectivity index (χ1v) is 31.3. The number of aromatic nitrogens is 2. The Morgan fingerprint density at radius 2 is 0.622 bits per heavy atom. The fraction of sp³-hybridized carbons (Fsp3) is 0.0930. The van der Waals surface area contributed by atoms with Crippen molar-refractivity contribution in [3.8, 4) is 56.6 Å². The maximum Gasteiger partial charge on any atom is 0.0992 e. The van der Waals surface area contributed by atoms with Crippen LogP contribution < -0.4 is 0 Å². The number of fused-ring (bicyclic) bond motifs is 16. The molecule has 0 aliphatic rings. The van der Waals surface area contributed by atoms with Gasteiger partial charge in [-0.2, -0.15) is 10.5 Å². The molecule has 0 saturated heterocycles. The number of rotatable bonds is 7. The summed E-state index contributed by atoms with van der Waals surface area (Å²) >= 11 is 0. The molecule has 0 bridgehead atoms. The second-order valence-electron chi connectivity index (χ2n) is 27.0. The molecular weight excluding hydrogens is 1090 g/mol. The van der Waals surface area contributed by atoms with Gasteiger partial charge < -0.3 is 8.80 Å². The quantitative estimate of drug-likeness (QED) is 0.160. The largest absolute Gasteiger partial charge is 0.308 e. The molecule has 0 aliphatic heterocycles. The van der Waals surface area contributed by atoms with Crippen LogP contribution in [-0.2, 0) is 17.3 Å². The second kappa shape index (κ2) is 18.9. The fourth-order valence-electron chi connectivity index (χ4n) is 15.3. The summed E-state index contributed by atoms with van der Waals surface area (Å²) in [5, 5.41) is 39.2. The maximum atomic E-state index is 10.3. The van der Waals surface area contributed by atoms with Crippen LogP contribution in [0.5, 0.6) is 0 Å². The first-order valence-electron chi connectivity index (χ1n) is 31.3. The van der Waals surface area contributed by atoms with Gasteiger partial charge >= 0.3 is 0 Å². The molecule has 18 aromatic rings. The Kier molecular flexibility index (Phi) is 10.9. The van der Waals surface area contributed by atoms with E-state index in [0.717, 1.165) is 71.6 Å². The fourth-order valence-corrected chi connectivity index (χ4v) is 15.3. The number of nitrogens with zero attached hydrogens (tertiary/aromatic N) is 4. The summed E-state index contributed by atoms with van der Waals surface area (Å²) in [6.45, 7) is 11.5. The summed E-state index contributed by atoms with van der Waals surface area (Å²) in [6.07, 6.45) is 0.880. The summed E-state index contributed by atoms with van der Waals surface area (Å²) in [5.74, 6) is 0. The van der Waals surface area contributed by atoms with Crippen molar-refractivity contribution in [3.63, 3.8) is 0 Å². The van der Waals surface area contributed by atoms with Gasteiger partial charge in [-0.05, 0) is 219 Å². The van der Waals surface area contributed by atoms with Crippen molar-refractivity contribution in [1.82, 2.24) is 8.80 Å². The molecule has 0 amide bonds. The summed E-state index contributed by atoms with van der Waals surface area (Å²) in [4.78, 5) is 0. The minimum absolute atomic E-state index is 0.0947. The van der Waals surface area contributed by atoms with E-state index in [1.54, 1.807) is 0 Å². The molecule has 0 atom stereocenters. The highest BCUT2D eigenvalue weighted by Gasteiger charge is 2.25. The summed E-state index contributed by atoms with van der Waals surface area (Å²) in [5.41, 5.74) is 21.7. The van der Waals surface area contributed by atoms with E-state index >= 15 is 0 Å². The zero-order valence-corrected chi connectivity index (χ0v) is 50.7. The molecule has 18 rings (SSSR count). The van der Waals surface area contributed by atoms with E-state index in [-0.39, 0.29) is 10.8 Å². The smallest absolute Gasteiger partial charge is 0.0992 e. The van der Waals surface area contributed by atoms with Gasteiger partial charge in [0.05, 0.1) is 56.4 Å². The van der Waals surface area contributed by atoms with Gasteiger partial charge in [0.15, 0.2) is 0 Å². The molecule has 0 N–H and O–H groups in total. The molecule has 4 aromatic heterocycles. The Balaban J connectivity index is 0.657. The Bertz CT molecular complexity index is 6170. The van der Waals surface area contributed by atoms with Gasteiger partial charge in [-0.25, -0.2) is 0 Å². The Morgan fingerprint density at radius 1 is 0.289 bits per heavy atom. The van der Waals surface area contributed by atoms with Crippen LogP contribution in [0.3, 0.4) is 0 Å². The lowest BCUT2D eigenvalue weighted by atomic mass is 9.78. The molecule has 0 radical (unpaired) electrons. The van der Waals surface area contributed by atoms with E-state index in [9.17, 15) is 10.5 Å². The third-order valence-electron chi connectivity index (χ3n) is 20.0. The lowest BCUT2D eigenvalue weighted by Crippen LogP contribution is -2.20. The van der Waals surface area contributed by atoms with Gasteiger partial charge in [0.2, 0.25) is 0 Å². The lowest BCUT2D eigenvalue weighted by molar-refractivity contribution is 0.522. The van der Waals surface area contributed by atoms with E-state index in [2.05, 4.69) is 304 Å². The first kappa shape index (κ1) is 51.9. The van der Waals surface area contributed by atoms with Crippen LogP contribution >= 0.6 is 0 Å². The molecule has 0 saturated carbocycles. The van der Waals surface area contributed by atoms with Gasteiger partial charge in [0, 0.05) is 43.1 Å². The maximum absolute atomic E-state index is 10.3. The molecule has 14 aromatic carbocycles. The molecular formula is C86H58N4. The summed E-state index contributed by atoms with van der Waals surface area (Å²) in [7, 11) is 0. The van der Waals surface area contributed by atoms with Crippen LogP contribution in [0.2, 0.25) is 0 Å². The minimum atomic E-state index is -0.138. The Morgan fingerprint density at radius 3 is 1.00 bits per heavy atom. The molecule has 0 spiro atoms. The molecule has 0 fully saturated rings. The van der Waals surface area contributed by atoms with Crippen LogP contribution in [0.15, 0.2) is 249 Å². The molecule has 4 heteroatoms. The molecule has 4 nitrogen and oxygen atoms in total. The van der Waals surface area contributed by atoms with E-state index in [0.29, 0.717) is 11.1 Å². The highest BCUT2D eigenvalue weighted by atomic mass is 14.9. The van der Waals surface area contributed by atoms with E-state index in [4.69, 9.17) is 0 Å². The molecule has 0 aliphatic carbocycles. The number of hydrogen-bond donors (Lipinski definition) is 0. The zero-order valence-electron chi connectivity index (χ0n) is 50.7. The van der Waals surface area contributed by atoms with Crippen molar-refractivity contribution in [2.75, 3.05) is 0 Å². The SMILES string of the molecule is CC(C)(C)c1ccc(-c2ccc3cc4c5cc(C#N)cc6c7cc8ccc(-c9ccc(C(C)(C)Cc%10cccc(-c%11ccc%12cc%13c%14cc(C#N)cc%15c%16cc%17ccc(-c%18ccccc%18)cc%17cc%16n(c%13cc%12c%11)c%15%14)c%10)cc9)cc8cc7n(c4cc3c2)c56)cc1. The van der Waals surface area contributed by atoms with Crippen molar-refractivity contribution in [2.45, 2.75) is 51.9 Å². The summed E-state index contributed by atoms with van der Waals surface area (Å²) < 4.78 is 4.89. The topological polar surface area (TPSA) is 56.4 Å². The number of nitriles is 2. The second-order valence-corrected chi connectivity index (χ2v) is 27.0. The average molecular weight is 1150 g/mol. The van der Waals surface area contributed by atoms with Gasteiger partial charge in [0.25, 0.3) is 0 Å². The highest BCUT2D eigenvalue weighted by Crippen LogP contribution is 2.46. The molecule has 0 unspecified atom stereocenters. The van der Waals surface area contributed by atoms with Gasteiger partial charge in [-0.1, -0.05) is 186 Å². The monoisotopic (exact) mass is 1150 g/mol. The number of benzene rings is 14. The van der Waals surface area contributed by atoms with Crippen molar-refractivity contribution in [3.05, 3.63) is 277 Å². The normalized spacial score (nSPS) is 12.5. The van der Waals surface area contributed by atoms with E-state index in [1.165, 1.54) is 115 Å². The van der Waals surface area contributed by atoms with Crippen LogP contribution in [-0.4, -0.2) is 8.80 Å². The average Bonchev–Trinajstić information content (AvgIpc) is 1.54. The van der Waals surface area contributed by atoms with Crippen LogP contribution in [0.4, 0.5) is 0 Å². The third-order valence-corrected chi connectivity index (χ3v) is 20.0. The van der Waals surface area contributed by atoms with Crippen molar-refractivity contribution < 1.29 is 0 Å². The Hall–Kier alpha value is -11.3. The highest BCUT2D eigenvalue weighted by molar-refractivity contribution is 6.28. The zero-order chi connectivity index (χ0) is 60.5. The van der Waals surface area contributed by atoms with E-state index < -0.39 is 0 Å². The van der Waals surface area contributed by atoms with Crippen molar-refractivity contribution in [1.29, 1.82) is 10.5 Å². The van der Waals surface area contributed by atoms with Crippen LogP contribution in [0.25, 0.3) is 164 Å². The van der Waals surface area contributed by atoms with Crippen LogP contribution in [0, 0.1) is 22.7 Å². The standard InChI is InChI=1S/C86H58N4/c1-85(2,3)69-26-22-54(23-27-69)58-15-19-62-40-72-76-32-51(48-87)33-77-73-41-63-20-16-59(37-67(63)45-81(73)89(83(76)77)80(72)44-66(62)36-58)55-24-28-70(29-25-55)86(4,5)47-50-10-9-13-56(30-50)60-17-21-64-42-74-78-34-52(49-88)31-75-71-39-61-18-14-57(53-11-7-6-8-12-53)35-65(61)43-79(71)90(84(75)78)82(74)46-68(64)38-60/h6-46H,47H2,1-5H3. The predicted molar refractivity (Wildman–Crippen MR) is 379 cm³/mol. The molecule has 4 heterocycles. The minimum Gasteiger partial charge on any atom is -0.308 e. The Labute approximate surface area is 520 Å². The molecule has 90 heavy (non-hydrogen) atoms. The van der Waals surface area contributed by atoms with Crippen molar-refractivity contribution in [2.24, 2.45) is 0 Å². The van der Waals surface area contributed by atoms with Crippen LogP contribution in [0.1, 0.15) is 62.4 Å². The predicted octanol–water partition coefficient (Wildman–Crippen LogP) is 22.8. The first-order chi connectivity index (χ1) is 43.8. The summed E-state index contributed by atoms with van der Waals surface area (Å²) in [6, 6.07) is 97.2. The van der Waals surface area contributed by atoms with Gasteiger partial charge in [-0.3, -0.25) is 0 Å². The van der Waals surface area contributed by atoms with Gasteiger partial charge in [0.1, 0.15) is 0 Å². The van der Waals surface area contributed by atoms with E-state index in [1.807, 2.05) is 0 Å². The number of hydrogen-bond acceptors (Lipinski definition) is 2. The lowest BCUT2D eigenvalue weighted by Gasteiger charge is -2.26. The van der Waals surface area contributed by atoms with Gasteiger partial charge in [-0.15, -0.1) is 0 Å². The molecule has 422 valence electrons. The third kappa shape index (κ3) is 7.91.